The van der Waals surface area contributed by atoms with Gasteiger partial charge in [0.1, 0.15) is 6.61 Å². The number of rotatable bonds is 8. The average Bonchev–Trinajstić information content (AvgIpc) is 2.75. The molecule has 1 saturated heterocycles. The Balaban J connectivity index is 1.50. The number of amides is 2. The van der Waals surface area contributed by atoms with Gasteiger partial charge in [-0.05, 0) is 44.8 Å². The molecule has 1 aromatic rings. The third-order valence-corrected chi connectivity index (χ3v) is 5.92. The number of urea groups is 1. The summed E-state index contributed by atoms with van der Waals surface area (Å²) in [5.74, 6) is 0.522. The molecule has 1 saturated carbocycles. The lowest BCUT2D eigenvalue weighted by molar-refractivity contribution is 0.0358. The molecule has 7 nitrogen and oxygen atoms in total. The maximum absolute atomic E-state index is 12.5. The summed E-state index contributed by atoms with van der Waals surface area (Å²) in [6.07, 6.45) is 11.7. The molecule has 28 heavy (non-hydrogen) atoms. The fourth-order valence-corrected chi connectivity index (χ4v) is 4.37. The van der Waals surface area contributed by atoms with Crippen LogP contribution in [0.5, 0.6) is 5.88 Å². The van der Waals surface area contributed by atoms with E-state index in [-0.39, 0.29) is 11.6 Å². The lowest BCUT2D eigenvalue weighted by Gasteiger charge is -2.48. The molecule has 1 aliphatic heterocycles. The van der Waals surface area contributed by atoms with Gasteiger partial charge in [0.25, 0.3) is 0 Å². The Bertz CT molecular complexity index is 596. The normalized spacial score (nSPS) is 19.8. The smallest absolute Gasteiger partial charge is 0.319 e. The second-order valence-corrected chi connectivity index (χ2v) is 7.87. The number of nitrogens with one attached hydrogen (secondary N) is 2. The first-order chi connectivity index (χ1) is 13.7. The molecule has 3 rings (SSSR count). The number of aromatic nitrogens is 1. The molecule has 7 heteroatoms. The molecule has 2 fully saturated rings. The Morgan fingerprint density at radius 3 is 2.54 bits per heavy atom. The van der Waals surface area contributed by atoms with E-state index in [0.29, 0.717) is 31.3 Å². The van der Waals surface area contributed by atoms with Crippen LogP contribution in [-0.2, 0) is 4.74 Å². The van der Waals surface area contributed by atoms with Crippen LogP contribution in [0.15, 0.2) is 18.3 Å². The minimum atomic E-state index is -0.170. The number of nitrogens with zero attached hydrogens (tertiary/aromatic N) is 2. The van der Waals surface area contributed by atoms with E-state index in [0.717, 1.165) is 13.1 Å². The highest BCUT2D eigenvalue weighted by Crippen LogP contribution is 2.35. The Hall–Kier alpha value is -1.86. The summed E-state index contributed by atoms with van der Waals surface area (Å²) in [6.45, 7) is 4.01. The summed E-state index contributed by atoms with van der Waals surface area (Å²) in [7, 11) is 1.63. The molecule has 0 unspecified atom stereocenters. The Morgan fingerprint density at radius 1 is 1.11 bits per heavy atom. The predicted octanol–water partition coefficient (Wildman–Crippen LogP) is 3.42. The van der Waals surface area contributed by atoms with Gasteiger partial charge in [-0.3, -0.25) is 4.90 Å². The summed E-state index contributed by atoms with van der Waals surface area (Å²) in [6, 6.07) is 3.38. The number of pyridine rings is 1. The van der Waals surface area contributed by atoms with Crippen LogP contribution in [0.4, 0.5) is 10.5 Å². The van der Waals surface area contributed by atoms with Gasteiger partial charge in [0.15, 0.2) is 0 Å². The van der Waals surface area contributed by atoms with Crippen LogP contribution in [0.25, 0.3) is 0 Å². The number of carbonyl (C=O) groups is 1. The van der Waals surface area contributed by atoms with Crippen molar-refractivity contribution in [3.05, 3.63) is 18.3 Å². The van der Waals surface area contributed by atoms with E-state index in [4.69, 9.17) is 9.47 Å². The van der Waals surface area contributed by atoms with Crippen molar-refractivity contribution in [2.24, 2.45) is 0 Å². The molecule has 2 N–H and O–H groups in total. The van der Waals surface area contributed by atoms with Crippen LogP contribution in [0.3, 0.4) is 0 Å². The van der Waals surface area contributed by atoms with Crippen LogP contribution in [0.2, 0.25) is 0 Å². The van der Waals surface area contributed by atoms with Gasteiger partial charge in [-0.2, -0.15) is 0 Å². The zero-order chi connectivity index (χ0) is 19.7. The van der Waals surface area contributed by atoms with E-state index >= 15 is 0 Å². The van der Waals surface area contributed by atoms with Crippen molar-refractivity contribution in [2.75, 3.05) is 45.3 Å². The van der Waals surface area contributed by atoms with Crippen LogP contribution in [0.1, 0.15) is 51.4 Å². The van der Waals surface area contributed by atoms with Crippen LogP contribution < -0.4 is 15.4 Å². The van der Waals surface area contributed by atoms with E-state index in [1.807, 2.05) is 0 Å². The number of methoxy groups -OCH3 is 1. The Morgan fingerprint density at radius 2 is 1.86 bits per heavy atom. The summed E-state index contributed by atoms with van der Waals surface area (Å²) in [4.78, 5) is 19.3. The first-order valence-corrected chi connectivity index (χ1v) is 10.6. The zero-order valence-corrected chi connectivity index (χ0v) is 17.0. The van der Waals surface area contributed by atoms with Gasteiger partial charge in [-0.25, -0.2) is 9.78 Å². The molecule has 0 spiro atoms. The second kappa shape index (κ2) is 10.6. The van der Waals surface area contributed by atoms with Gasteiger partial charge in [0.2, 0.25) is 5.88 Å². The summed E-state index contributed by atoms with van der Waals surface area (Å²) in [5, 5.41) is 6.01. The molecule has 0 aromatic carbocycles. The predicted molar refractivity (Wildman–Crippen MR) is 110 cm³/mol. The largest absolute Gasteiger partial charge is 0.475 e. The lowest BCUT2D eigenvalue weighted by atomic mass is 9.79. The number of hydrogen-bond donors (Lipinski definition) is 2. The number of piperidine rings is 1. The minimum Gasteiger partial charge on any atom is -0.475 e. The van der Waals surface area contributed by atoms with Crippen molar-refractivity contribution in [3.63, 3.8) is 0 Å². The first-order valence-electron chi connectivity index (χ1n) is 10.6. The monoisotopic (exact) mass is 390 g/mol. The standard InChI is InChI=1S/C21H34N4O3/c1-27-14-15-28-19-9-8-18(16-22-19)24-20(26)23-17-21(10-4-2-5-11-21)25-12-6-3-7-13-25/h8-9,16H,2-7,10-15,17H2,1H3,(H2,23,24,26). The third kappa shape index (κ3) is 5.82. The van der Waals surface area contributed by atoms with Gasteiger partial charge in [0, 0.05) is 25.3 Å². The maximum atomic E-state index is 12.5. The third-order valence-electron chi connectivity index (χ3n) is 5.92. The highest BCUT2D eigenvalue weighted by Gasteiger charge is 2.38. The highest BCUT2D eigenvalue weighted by molar-refractivity contribution is 5.89. The van der Waals surface area contributed by atoms with Crippen molar-refractivity contribution >= 4 is 11.7 Å². The summed E-state index contributed by atoms with van der Waals surface area (Å²) < 4.78 is 10.4. The molecular formula is C21H34N4O3. The Labute approximate surface area is 168 Å². The first kappa shape index (κ1) is 20.9. The molecule has 2 heterocycles. The van der Waals surface area contributed by atoms with E-state index in [1.54, 1.807) is 25.4 Å². The topological polar surface area (TPSA) is 75.7 Å². The van der Waals surface area contributed by atoms with E-state index < -0.39 is 0 Å². The molecular weight excluding hydrogens is 356 g/mol. The highest BCUT2D eigenvalue weighted by atomic mass is 16.5. The number of ether oxygens (including phenoxy) is 2. The molecule has 2 aliphatic rings. The van der Waals surface area contributed by atoms with E-state index in [2.05, 4.69) is 20.5 Å². The van der Waals surface area contributed by atoms with Crippen molar-refractivity contribution in [1.29, 1.82) is 0 Å². The summed E-state index contributed by atoms with van der Waals surface area (Å²) >= 11 is 0. The zero-order valence-electron chi connectivity index (χ0n) is 17.0. The van der Waals surface area contributed by atoms with Crippen LogP contribution in [0, 0.1) is 0 Å². The van der Waals surface area contributed by atoms with E-state index in [9.17, 15) is 4.79 Å². The van der Waals surface area contributed by atoms with Crippen molar-refractivity contribution in [3.8, 4) is 5.88 Å². The molecule has 1 aromatic heterocycles. The SMILES string of the molecule is COCCOc1ccc(NC(=O)NCC2(N3CCCCC3)CCCCC2)cn1. The van der Waals surface area contributed by atoms with Crippen LogP contribution >= 0.6 is 0 Å². The number of hydrogen-bond acceptors (Lipinski definition) is 5. The van der Waals surface area contributed by atoms with Gasteiger partial charge in [-0.1, -0.05) is 25.7 Å². The number of carbonyl (C=O) groups excluding carboxylic acids is 1. The van der Waals surface area contributed by atoms with Crippen molar-refractivity contribution in [2.45, 2.75) is 56.9 Å². The fourth-order valence-electron chi connectivity index (χ4n) is 4.37. The molecule has 0 bridgehead atoms. The minimum absolute atomic E-state index is 0.132. The average molecular weight is 391 g/mol. The number of likely N-dealkylation sites (tertiary alicyclic amines) is 1. The quantitative estimate of drug-likeness (QED) is 0.665. The van der Waals surface area contributed by atoms with Gasteiger partial charge in [0.05, 0.1) is 18.5 Å². The van der Waals surface area contributed by atoms with Gasteiger partial charge >= 0.3 is 6.03 Å². The van der Waals surface area contributed by atoms with E-state index in [1.165, 1.54) is 51.4 Å². The van der Waals surface area contributed by atoms with Gasteiger partial charge in [-0.15, -0.1) is 0 Å². The number of anilines is 1. The maximum Gasteiger partial charge on any atom is 0.319 e. The molecule has 1 aliphatic carbocycles. The lowest BCUT2D eigenvalue weighted by Crippen LogP contribution is -2.58. The van der Waals surface area contributed by atoms with Crippen LogP contribution in [-0.4, -0.2) is 61.4 Å². The van der Waals surface area contributed by atoms with Crippen molar-refractivity contribution in [1.82, 2.24) is 15.2 Å². The molecule has 0 atom stereocenters. The summed E-state index contributed by atoms with van der Waals surface area (Å²) in [5.41, 5.74) is 0.792. The Kier molecular flexibility index (Phi) is 7.91. The van der Waals surface area contributed by atoms with Crippen molar-refractivity contribution < 1.29 is 14.3 Å². The molecule has 2 amide bonds. The molecule has 156 valence electrons. The van der Waals surface area contributed by atoms with Gasteiger partial charge < -0.3 is 20.1 Å². The fraction of sp³-hybridized carbons (Fsp3) is 0.714. The second-order valence-electron chi connectivity index (χ2n) is 7.87. The molecule has 0 radical (unpaired) electrons.